The molecule has 1 heterocycles. The molecule has 0 aromatic heterocycles. The van der Waals surface area contributed by atoms with E-state index in [1.54, 1.807) is 23.9 Å². The molecule has 4 aromatic rings. The number of amides is 2. The number of carboxylic acid groups (broad SMARTS) is 1. The second-order valence-corrected chi connectivity index (χ2v) is 11.8. The highest BCUT2D eigenvalue weighted by Gasteiger charge is 2.38. The number of urea groups is 1. The van der Waals surface area contributed by atoms with Gasteiger partial charge in [0, 0.05) is 35.2 Å². The largest absolute Gasteiger partial charge is 0.478 e. The SMILES string of the molecule is C[C@@H]1[C@H](CSc2ccc(C(=O)O)cc2)O[C@H](c2ccc(CNC(=O)NCc3ccccc3)cc2)O[C@@H]1c1ccc(CO)cc1. The maximum absolute atomic E-state index is 12.3. The Morgan fingerprint density at radius 2 is 1.34 bits per heavy atom. The summed E-state index contributed by atoms with van der Waals surface area (Å²) in [7, 11) is 0. The Bertz CT molecular complexity index is 1510. The number of rotatable bonds is 11. The molecule has 0 saturated carbocycles. The summed E-state index contributed by atoms with van der Waals surface area (Å²) in [5, 5.41) is 24.5. The average molecular weight is 613 g/mol. The smallest absolute Gasteiger partial charge is 0.335 e. The van der Waals surface area contributed by atoms with Gasteiger partial charge in [0.25, 0.3) is 0 Å². The standard InChI is InChI=1S/C35H36N2O6S/c1-23-31(22-44-30-17-15-28(16-18-30)33(39)40)42-34(43-32(23)27-11-9-26(21-38)10-12-27)29-13-7-25(8-14-29)20-37-35(41)36-19-24-5-3-2-4-6-24/h2-18,23,31-32,34,38H,19-22H2,1H3,(H,39,40)(H2,36,37,41)/t23-,31+,32+,34+/m1/s1. The number of carbonyl (C=O) groups excluding carboxylic acids is 1. The number of thioether (sulfide) groups is 1. The summed E-state index contributed by atoms with van der Waals surface area (Å²) in [6, 6.07) is 32.0. The van der Waals surface area contributed by atoms with Crippen LogP contribution in [0.2, 0.25) is 0 Å². The first kappa shape index (κ1) is 31.3. The number of carbonyl (C=O) groups is 2. The second-order valence-electron chi connectivity index (χ2n) is 10.7. The van der Waals surface area contributed by atoms with Crippen molar-refractivity contribution in [1.29, 1.82) is 0 Å². The van der Waals surface area contributed by atoms with Gasteiger partial charge >= 0.3 is 12.0 Å². The van der Waals surface area contributed by atoms with E-state index in [1.165, 1.54) is 0 Å². The van der Waals surface area contributed by atoms with Crippen molar-refractivity contribution in [3.63, 3.8) is 0 Å². The van der Waals surface area contributed by atoms with E-state index in [-0.39, 0.29) is 36.3 Å². The lowest BCUT2D eigenvalue weighted by molar-refractivity contribution is -0.268. The van der Waals surface area contributed by atoms with Crippen molar-refractivity contribution >= 4 is 23.8 Å². The van der Waals surface area contributed by atoms with Gasteiger partial charge in [-0.25, -0.2) is 9.59 Å². The Balaban J connectivity index is 1.25. The molecule has 9 heteroatoms. The van der Waals surface area contributed by atoms with Gasteiger partial charge in [0.15, 0.2) is 6.29 Å². The molecule has 0 aliphatic carbocycles. The quantitative estimate of drug-likeness (QED) is 0.144. The van der Waals surface area contributed by atoms with Gasteiger partial charge in [-0.2, -0.15) is 0 Å². The molecule has 44 heavy (non-hydrogen) atoms. The van der Waals surface area contributed by atoms with Gasteiger partial charge in [-0.3, -0.25) is 0 Å². The minimum Gasteiger partial charge on any atom is -0.478 e. The van der Waals surface area contributed by atoms with Gasteiger partial charge in [-0.15, -0.1) is 11.8 Å². The van der Waals surface area contributed by atoms with Crippen LogP contribution in [0.4, 0.5) is 4.79 Å². The highest BCUT2D eigenvalue weighted by molar-refractivity contribution is 7.99. The van der Waals surface area contributed by atoms with Crippen molar-refractivity contribution < 1.29 is 29.3 Å². The summed E-state index contributed by atoms with van der Waals surface area (Å²) in [6.07, 6.45) is -1.00. The monoisotopic (exact) mass is 612 g/mol. The van der Waals surface area contributed by atoms with E-state index in [9.17, 15) is 19.8 Å². The zero-order chi connectivity index (χ0) is 30.9. The number of ether oxygens (including phenoxy) is 2. The van der Waals surface area contributed by atoms with E-state index >= 15 is 0 Å². The molecule has 5 rings (SSSR count). The number of aromatic carboxylic acids is 1. The number of hydrogen-bond donors (Lipinski definition) is 4. The molecule has 8 nitrogen and oxygen atoms in total. The van der Waals surface area contributed by atoms with Crippen LogP contribution < -0.4 is 10.6 Å². The molecule has 1 aliphatic heterocycles. The fourth-order valence-corrected chi connectivity index (χ4v) is 6.06. The normalized spacial score (nSPS) is 19.7. The van der Waals surface area contributed by atoms with Crippen molar-refractivity contribution in [2.75, 3.05) is 5.75 Å². The maximum atomic E-state index is 12.3. The molecule has 4 atom stereocenters. The zero-order valence-corrected chi connectivity index (χ0v) is 25.2. The fourth-order valence-electron chi connectivity index (χ4n) is 5.00. The Labute approximate surface area is 261 Å². The third-order valence-electron chi connectivity index (χ3n) is 7.64. The molecule has 2 amide bonds. The van der Waals surface area contributed by atoms with Crippen LogP contribution in [0.1, 0.15) is 57.5 Å². The molecule has 4 N–H and O–H groups in total. The molecule has 0 unspecified atom stereocenters. The van der Waals surface area contributed by atoms with Crippen molar-refractivity contribution in [3.8, 4) is 0 Å². The number of carboxylic acids is 1. The number of benzene rings is 4. The topological polar surface area (TPSA) is 117 Å². The molecular weight excluding hydrogens is 576 g/mol. The van der Waals surface area contributed by atoms with Crippen LogP contribution in [0.3, 0.4) is 0 Å². The van der Waals surface area contributed by atoms with E-state index in [0.717, 1.165) is 32.7 Å². The first-order chi connectivity index (χ1) is 21.4. The first-order valence-corrected chi connectivity index (χ1v) is 15.5. The average Bonchev–Trinajstić information content (AvgIpc) is 3.07. The predicted octanol–water partition coefficient (Wildman–Crippen LogP) is 6.46. The Hall–Kier alpha value is -4.15. The summed E-state index contributed by atoms with van der Waals surface area (Å²) < 4.78 is 13.1. The van der Waals surface area contributed by atoms with Gasteiger partial charge in [-0.1, -0.05) is 85.8 Å². The zero-order valence-electron chi connectivity index (χ0n) is 24.4. The molecule has 1 saturated heterocycles. The van der Waals surface area contributed by atoms with Crippen LogP contribution in [-0.4, -0.2) is 34.1 Å². The summed E-state index contributed by atoms with van der Waals surface area (Å²) in [5.74, 6) is -0.275. The number of aliphatic hydroxyl groups is 1. The molecule has 1 fully saturated rings. The highest BCUT2D eigenvalue weighted by atomic mass is 32.2. The van der Waals surface area contributed by atoms with Crippen molar-refractivity contribution in [3.05, 3.63) is 137 Å². The number of aliphatic hydroxyl groups excluding tert-OH is 1. The molecule has 1 aliphatic rings. The first-order valence-electron chi connectivity index (χ1n) is 14.5. The van der Waals surface area contributed by atoms with Crippen molar-refractivity contribution in [2.24, 2.45) is 5.92 Å². The van der Waals surface area contributed by atoms with E-state index in [1.807, 2.05) is 91.0 Å². The van der Waals surface area contributed by atoms with E-state index in [0.29, 0.717) is 18.8 Å². The predicted molar refractivity (Wildman–Crippen MR) is 169 cm³/mol. The summed E-state index contributed by atoms with van der Waals surface area (Å²) in [5.41, 5.74) is 4.94. The molecule has 228 valence electrons. The lowest BCUT2D eigenvalue weighted by atomic mass is 9.91. The molecule has 4 aromatic carbocycles. The Morgan fingerprint density at radius 1 is 0.750 bits per heavy atom. The Morgan fingerprint density at radius 3 is 1.95 bits per heavy atom. The van der Waals surface area contributed by atoms with Crippen LogP contribution in [0.5, 0.6) is 0 Å². The van der Waals surface area contributed by atoms with E-state index < -0.39 is 12.3 Å². The van der Waals surface area contributed by atoms with Gasteiger partial charge in [0.2, 0.25) is 0 Å². The van der Waals surface area contributed by atoms with Crippen molar-refractivity contribution in [1.82, 2.24) is 10.6 Å². The summed E-state index contributed by atoms with van der Waals surface area (Å²) in [6.45, 7) is 2.92. The molecule has 0 bridgehead atoms. The lowest BCUT2D eigenvalue weighted by Crippen LogP contribution is -2.38. The van der Waals surface area contributed by atoms with Gasteiger partial charge < -0.3 is 30.3 Å². The highest BCUT2D eigenvalue weighted by Crippen LogP contribution is 2.43. The van der Waals surface area contributed by atoms with Crippen molar-refractivity contribution in [2.45, 2.75) is 50.0 Å². The molecule has 0 radical (unpaired) electrons. The second kappa shape index (κ2) is 15.0. The summed E-state index contributed by atoms with van der Waals surface area (Å²) >= 11 is 1.61. The van der Waals surface area contributed by atoms with Gasteiger partial charge in [0.05, 0.1) is 24.4 Å². The number of nitrogens with one attached hydrogen (secondary N) is 2. The van der Waals surface area contributed by atoms with Gasteiger partial charge in [0.1, 0.15) is 0 Å². The summed E-state index contributed by atoms with van der Waals surface area (Å²) in [4.78, 5) is 24.5. The lowest BCUT2D eigenvalue weighted by Gasteiger charge is -2.41. The maximum Gasteiger partial charge on any atom is 0.335 e. The van der Waals surface area contributed by atoms with Crippen LogP contribution in [-0.2, 0) is 29.2 Å². The van der Waals surface area contributed by atoms with Gasteiger partial charge in [-0.05, 0) is 46.5 Å². The minimum absolute atomic E-state index is 0.0230. The van der Waals surface area contributed by atoms with Crippen LogP contribution in [0.15, 0.2) is 108 Å². The van der Waals surface area contributed by atoms with Crippen LogP contribution in [0.25, 0.3) is 0 Å². The van der Waals surface area contributed by atoms with Crippen LogP contribution >= 0.6 is 11.8 Å². The number of hydrogen-bond acceptors (Lipinski definition) is 6. The third kappa shape index (κ3) is 8.27. The van der Waals surface area contributed by atoms with Crippen LogP contribution in [0, 0.1) is 5.92 Å². The third-order valence-corrected chi connectivity index (χ3v) is 8.74. The van der Waals surface area contributed by atoms with E-state index in [2.05, 4.69) is 17.6 Å². The van der Waals surface area contributed by atoms with E-state index in [4.69, 9.17) is 9.47 Å². The molecular formula is C35H36N2O6S. The fraction of sp³-hybridized carbons (Fsp3) is 0.257. The minimum atomic E-state index is -0.950. The molecule has 0 spiro atoms. The Kier molecular flexibility index (Phi) is 10.7.